The van der Waals surface area contributed by atoms with Crippen LogP contribution in [0.5, 0.6) is 0 Å². The van der Waals surface area contributed by atoms with Gasteiger partial charge >= 0.3 is 5.97 Å². The average Bonchev–Trinajstić information content (AvgIpc) is 3.29. The average molecular weight is 612 g/mol. The third kappa shape index (κ3) is 20.2. The Morgan fingerprint density at radius 2 is 1.09 bits per heavy atom. The number of hydrogen-bond acceptors (Lipinski definition) is 8. The summed E-state index contributed by atoms with van der Waals surface area (Å²) in [5.41, 5.74) is 5.97. The quantitative estimate of drug-likeness (QED) is 0.0675. The molecule has 1 heterocycles. The number of carbonyl (C=O) groups excluding carboxylic acids is 3. The van der Waals surface area contributed by atoms with E-state index in [2.05, 4.69) is 18.7 Å². The van der Waals surface area contributed by atoms with E-state index in [0.29, 0.717) is 37.5 Å². The van der Waals surface area contributed by atoms with Crippen molar-refractivity contribution in [2.75, 3.05) is 19.6 Å². The van der Waals surface area contributed by atoms with Crippen LogP contribution in [0.1, 0.15) is 162 Å². The van der Waals surface area contributed by atoms with Crippen molar-refractivity contribution in [2.24, 2.45) is 5.73 Å². The van der Waals surface area contributed by atoms with Crippen molar-refractivity contribution in [2.45, 2.75) is 180 Å². The number of rotatable bonds is 29. The first-order valence-corrected chi connectivity index (χ1v) is 17.7. The molecule has 2 amide bonds. The number of hydroxylamine groups is 2. The van der Waals surface area contributed by atoms with Gasteiger partial charge in [0.2, 0.25) is 0 Å². The molecule has 1 aliphatic rings. The first kappa shape index (κ1) is 39.5. The maximum Gasteiger partial charge on any atom is 0.349 e. The van der Waals surface area contributed by atoms with Crippen molar-refractivity contribution >= 4 is 17.8 Å². The summed E-state index contributed by atoms with van der Waals surface area (Å²) in [6.07, 6.45) is 22.3. The van der Waals surface area contributed by atoms with E-state index < -0.39 is 36.0 Å². The Bertz CT molecular complexity index is 693. The number of unbranched alkanes of at least 4 members (excludes halogenated alkanes) is 15. The third-order valence-electron chi connectivity index (χ3n) is 8.45. The van der Waals surface area contributed by atoms with Gasteiger partial charge in [-0.3, -0.25) is 14.5 Å². The van der Waals surface area contributed by atoms with Crippen LogP contribution in [0.4, 0.5) is 0 Å². The van der Waals surface area contributed by atoms with Crippen molar-refractivity contribution in [3.8, 4) is 0 Å². The molecule has 9 heteroatoms. The highest BCUT2D eigenvalue weighted by molar-refractivity contribution is 6.01. The molecule has 0 radical (unpaired) electrons. The van der Waals surface area contributed by atoms with Crippen LogP contribution in [0, 0.1) is 0 Å². The topological polar surface area (TPSA) is 133 Å². The zero-order valence-corrected chi connectivity index (χ0v) is 27.6. The molecule has 1 saturated heterocycles. The second kappa shape index (κ2) is 25.7. The maximum absolute atomic E-state index is 12.3. The molecule has 3 atom stereocenters. The molecule has 1 aliphatic heterocycles. The summed E-state index contributed by atoms with van der Waals surface area (Å²) in [6, 6.07) is -0.922. The van der Waals surface area contributed by atoms with E-state index in [1.54, 1.807) is 0 Å². The summed E-state index contributed by atoms with van der Waals surface area (Å²) in [5, 5.41) is 22.1. The van der Waals surface area contributed by atoms with Gasteiger partial charge in [0, 0.05) is 25.9 Å². The Kier molecular flexibility index (Phi) is 23.6. The summed E-state index contributed by atoms with van der Waals surface area (Å²) >= 11 is 0. The van der Waals surface area contributed by atoms with Crippen molar-refractivity contribution in [1.82, 2.24) is 9.96 Å². The molecule has 0 spiro atoms. The zero-order chi connectivity index (χ0) is 31.7. The second-order valence-corrected chi connectivity index (χ2v) is 12.7. The second-order valence-electron chi connectivity index (χ2n) is 12.7. The summed E-state index contributed by atoms with van der Waals surface area (Å²) in [7, 11) is 0. The van der Waals surface area contributed by atoms with Gasteiger partial charge in [0.15, 0.2) is 0 Å². The Balaban J connectivity index is 2.41. The molecule has 0 unspecified atom stereocenters. The number of aliphatic hydroxyl groups excluding tert-OH is 2. The van der Waals surface area contributed by atoms with Gasteiger partial charge < -0.3 is 20.8 Å². The van der Waals surface area contributed by atoms with E-state index in [1.165, 1.54) is 77.0 Å². The normalized spacial score (nSPS) is 15.8. The predicted molar refractivity (Wildman–Crippen MR) is 172 cm³/mol. The number of amides is 2. The molecule has 0 aromatic heterocycles. The molecule has 9 nitrogen and oxygen atoms in total. The molecule has 0 aromatic rings. The van der Waals surface area contributed by atoms with Gasteiger partial charge in [-0.1, -0.05) is 123 Å². The smallest absolute Gasteiger partial charge is 0.349 e. The Hall–Kier alpha value is -1.55. The molecule has 0 aromatic carbocycles. The summed E-state index contributed by atoms with van der Waals surface area (Å²) < 4.78 is 0. The van der Waals surface area contributed by atoms with Crippen LogP contribution in [0.25, 0.3) is 0 Å². The van der Waals surface area contributed by atoms with Crippen LogP contribution in [-0.4, -0.2) is 75.8 Å². The van der Waals surface area contributed by atoms with E-state index in [-0.39, 0.29) is 12.8 Å². The molecular weight excluding hydrogens is 546 g/mol. The van der Waals surface area contributed by atoms with E-state index in [0.717, 1.165) is 44.9 Å². The summed E-state index contributed by atoms with van der Waals surface area (Å²) in [6.45, 7) is 6.20. The maximum atomic E-state index is 12.3. The number of carbonyl (C=O) groups is 3. The molecule has 43 heavy (non-hydrogen) atoms. The van der Waals surface area contributed by atoms with Crippen molar-refractivity contribution < 1.29 is 29.4 Å². The van der Waals surface area contributed by atoms with Crippen molar-refractivity contribution in [3.63, 3.8) is 0 Å². The minimum atomic E-state index is -0.922. The van der Waals surface area contributed by atoms with Crippen molar-refractivity contribution in [3.05, 3.63) is 0 Å². The Labute approximate surface area is 262 Å². The van der Waals surface area contributed by atoms with Gasteiger partial charge in [0.1, 0.15) is 6.04 Å². The summed E-state index contributed by atoms with van der Waals surface area (Å²) in [4.78, 5) is 42.7. The zero-order valence-electron chi connectivity index (χ0n) is 27.6. The molecule has 1 fully saturated rings. The van der Waals surface area contributed by atoms with Crippen molar-refractivity contribution in [1.29, 1.82) is 0 Å². The first-order chi connectivity index (χ1) is 20.8. The minimum absolute atomic E-state index is 0.0486. The SMILES string of the molecule is CCCCCCCCCC[C@H](O)CN(CCCC[C@H](N)C(=O)ON1C(=O)CCC1=O)C[C@@H](O)CCCCCCCCCC. The highest BCUT2D eigenvalue weighted by Crippen LogP contribution is 2.16. The van der Waals surface area contributed by atoms with Crippen LogP contribution in [-0.2, 0) is 19.2 Å². The van der Waals surface area contributed by atoms with E-state index >= 15 is 0 Å². The highest BCUT2D eigenvalue weighted by Gasteiger charge is 2.34. The standard InChI is InChI=1S/C34H65N3O6/c1-3-5-7-9-11-13-15-17-21-29(38)27-36(28-30(39)22-18-16-14-12-10-8-6-4-2)26-20-19-23-31(35)34(42)43-37-32(40)24-25-33(37)41/h29-31,38-39H,3-28,35H2,1-2H3/t29-,30-,31-/m0/s1. The molecule has 0 bridgehead atoms. The van der Waals surface area contributed by atoms with Crippen LogP contribution in [0.3, 0.4) is 0 Å². The fourth-order valence-corrected chi connectivity index (χ4v) is 5.70. The van der Waals surface area contributed by atoms with Crippen LogP contribution in [0.15, 0.2) is 0 Å². The summed E-state index contributed by atoms with van der Waals surface area (Å²) in [5.74, 6) is -1.81. The van der Waals surface area contributed by atoms with Gasteiger partial charge in [-0.2, -0.15) is 0 Å². The van der Waals surface area contributed by atoms with Gasteiger partial charge in [-0.15, -0.1) is 5.06 Å². The monoisotopic (exact) mass is 611 g/mol. The Morgan fingerprint density at radius 1 is 0.698 bits per heavy atom. The van der Waals surface area contributed by atoms with Crippen LogP contribution >= 0.6 is 0 Å². The fourth-order valence-electron chi connectivity index (χ4n) is 5.70. The lowest BCUT2D eigenvalue weighted by atomic mass is 10.0. The van der Waals surface area contributed by atoms with Gasteiger partial charge in [0.25, 0.3) is 11.8 Å². The lowest BCUT2D eigenvalue weighted by molar-refractivity contribution is -0.198. The van der Waals surface area contributed by atoms with E-state index in [4.69, 9.17) is 10.6 Å². The molecule has 252 valence electrons. The third-order valence-corrected chi connectivity index (χ3v) is 8.45. The lowest BCUT2D eigenvalue weighted by Gasteiger charge is -2.27. The predicted octanol–water partition coefficient (Wildman–Crippen LogP) is 6.18. The van der Waals surface area contributed by atoms with E-state index in [1.807, 2.05) is 0 Å². The van der Waals surface area contributed by atoms with Crippen LogP contribution in [0.2, 0.25) is 0 Å². The highest BCUT2D eigenvalue weighted by atomic mass is 16.7. The minimum Gasteiger partial charge on any atom is -0.392 e. The molecule has 4 N–H and O–H groups in total. The van der Waals surface area contributed by atoms with Gasteiger partial charge in [-0.05, 0) is 32.2 Å². The van der Waals surface area contributed by atoms with Gasteiger partial charge in [0.05, 0.1) is 12.2 Å². The van der Waals surface area contributed by atoms with Crippen LogP contribution < -0.4 is 5.73 Å². The first-order valence-electron chi connectivity index (χ1n) is 17.7. The number of nitrogens with two attached hydrogens (primary N) is 1. The number of hydrogen-bond donors (Lipinski definition) is 3. The molecule has 0 aliphatic carbocycles. The lowest BCUT2D eigenvalue weighted by Crippen LogP contribution is -2.40. The number of nitrogens with zero attached hydrogens (tertiary/aromatic N) is 2. The number of aliphatic hydroxyl groups is 2. The van der Waals surface area contributed by atoms with E-state index in [9.17, 15) is 24.6 Å². The molecule has 1 rings (SSSR count). The fraction of sp³-hybridized carbons (Fsp3) is 0.912. The largest absolute Gasteiger partial charge is 0.392 e. The Morgan fingerprint density at radius 3 is 1.53 bits per heavy atom. The number of imide groups is 1. The van der Waals surface area contributed by atoms with Gasteiger partial charge in [-0.25, -0.2) is 4.79 Å². The molecule has 0 saturated carbocycles. The molecular formula is C34H65N3O6.